The molecular formula is C26H28F3N3O3. The van der Waals surface area contributed by atoms with Gasteiger partial charge in [-0.3, -0.25) is 9.69 Å². The highest BCUT2D eigenvalue weighted by molar-refractivity contribution is 5.75. The van der Waals surface area contributed by atoms with Gasteiger partial charge in [0.1, 0.15) is 24.1 Å². The van der Waals surface area contributed by atoms with Crippen molar-refractivity contribution in [1.29, 1.82) is 5.26 Å². The van der Waals surface area contributed by atoms with Crippen molar-refractivity contribution in [1.82, 2.24) is 10.2 Å². The summed E-state index contributed by atoms with van der Waals surface area (Å²) in [5, 5.41) is 12.7. The number of nitrogens with zero attached hydrogens (tertiary/aromatic N) is 2. The summed E-state index contributed by atoms with van der Waals surface area (Å²) < 4.78 is 51.1. The summed E-state index contributed by atoms with van der Waals surface area (Å²) >= 11 is 0. The Morgan fingerprint density at radius 1 is 1.14 bits per heavy atom. The summed E-state index contributed by atoms with van der Waals surface area (Å²) in [7, 11) is 0. The minimum Gasteiger partial charge on any atom is -0.492 e. The summed E-state index contributed by atoms with van der Waals surface area (Å²) in [6.45, 7) is 4.97. The van der Waals surface area contributed by atoms with Crippen LogP contribution in [0.3, 0.4) is 0 Å². The molecule has 4 atom stereocenters. The number of rotatable bonds is 11. The first-order chi connectivity index (χ1) is 16.9. The Morgan fingerprint density at radius 2 is 1.83 bits per heavy atom. The average Bonchev–Trinajstić information content (AvgIpc) is 3.29. The summed E-state index contributed by atoms with van der Waals surface area (Å²) in [5.41, 5.74) is 1.03. The van der Waals surface area contributed by atoms with Crippen LogP contribution in [0.25, 0.3) is 0 Å². The zero-order valence-corrected chi connectivity index (χ0v) is 19.5. The van der Waals surface area contributed by atoms with Gasteiger partial charge in [0, 0.05) is 43.9 Å². The lowest BCUT2D eigenvalue weighted by Gasteiger charge is -2.20. The van der Waals surface area contributed by atoms with Gasteiger partial charge in [-0.1, -0.05) is 12.1 Å². The molecule has 1 aliphatic carbocycles. The van der Waals surface area contributed by atoms with E-state index in [2.05, 4.69) is 10.2 Å². The highest BCUT2D eigenvalue weighted by Gasteiger charge is 2.55. The van der Waals surface area contributed by atoms with Crippen LogP contribution in [0.15, 0.2) is 36.4 Å². The number of ether oxygens (including phenoxy) is 2. The van der Waals surface area contributed by atoms with Crippen molar-refractivity contribution in [3.05, 3.63) is 65.0 Å². The summed E-state index contributed by atoms with van der Waals surface area (Å²) in [4.78, 5) is 13.8. The van der Waals surface area contributed by atoms with E-state index < -0.39 is 29.3 Å². The first kappa shape index (κ1) is 25.0. The van der Waals surface area contributed by atoms with Crippen LogP contribution in [0, 0.1) is 46.5 Å². The molecule has 186 valence electrons. The molecular weight excluding hydrogens is 459 g/mol. The third kappa shape index (κ3) is 6.13. The van der Waals surface area contributed by atoms with Gasteiger partial charge in [0.2, 0.25) is 0 Å². The second kappa shape index (κ2) is 11.1. The second-order valence-corrected chi connectivity index (χ2v) is 8.99. The van der Waals surface area contributed by atoms with Gasteiger partial charge in [0.05, 0.1) is 12.7 Å². The van der Waals surface area contributed by atoms with Gasteiger partial charge in [0.15, 0.2) is 11.6 Å². The summed E-state index contributed by atoms with van der Waals surface area (Å²) in [6.07, 6.45) is 0.293. The number of benzene rings is 2. The van der Waals surface area contributed by atoms with Gasteiger partial charge in [-0.05, 0) is 48.9 Å². The molecule has 2 aromatic carbocycles. The van der Waals surface area contributed by atoms with Crippen molar-refractivity contribution < 1.29 is 27.4 Å². The maximum absolute atomic E-state index is 13.9. The molecule has 0 radical (unpaired) electrons. The van der Waals surface area contributed by atoms with Crippen molar-refractivity contribution in [2.45, 2.75) is 25.9 Å². The van der Waals surface area contributed by atoms with Crippen LogP contribution in [0.2, 0.25) is 0 Å². The van der Waals surface area contributed by atoms with Crippen LogP contribution in [0.5, 0.6) is 5.75 Å². The zero-order valence-electron chi connectivity index (χ0n) is 19.5. The molecule has 0 aromatic heterocycles. The highest BCUT2D eigenvalue weighted by atomic mass is 19.2. The molecule has 6 nitrogen and oxygen atoms in total. The van der Waals surface area contributed by atoms with Gasteiger partial charge in [-0.15, -0.1) is 0 Å². The average molecular weight is 488 g/mol. The smallest absolute Gasteiger partial charge is 0.323 e. The Morgan fingerprint density at radius 3 is 2.49 bits per heavy atom. The number of likely N-dealkylation sites (tertiary alicyclic amines) is 1. The van der Waals surface area contributed by atoms with E-state index in [-0.39, 0.29) is 18.7 Å². The Bertz CT molecular complexity index is 1080. The van der Waals surface area contributed by atoms with E-state index in [0.717, 1.165) is 24.7 Å². The monoisotopic (exact) mass is 487 g/mol. The molecule has 35 heavy (non-hydrogen) atoms. The molecule has 0 bridgehead atoms. The summed E-state index contributed by atoms with van der Waals surface area (Å²) in [5.74, 6) is -2.60. The SMILES string of the molecule is CCOC(=O)C(C#N)Cc1ccc(OCCNC2[C@H]3CN(Cc4cc(F)c(F)cc4F)C[C@@H]23)cc1. The number of nitriles is 1. The fourth-order valence-corrected chi connectivity index (χ4v) is 4.75. The maximum Gasteiger partial charge on any atom is 0.323 e. The van der Waals surface area contributed by atoms with Gasteiger partial charge >= 0.3 is 5.97 Å². The first-order valence-electron chi connectivity index (χ1n) is 11.8. The number of fused-ring (bicyclic) bond motifs is 1. The molecule has 2 aromatic rings. The van der Waals surface area contributed by atoms with Crippen LogP contribution in [0.4, 0.5) is 13.2 Å². The van der Waals surface area contributed by atoms with E-state index in [1.54, 1.807) is 6.92 Å². The molecule has 1 heterocycles. The number of piperidine rings is 1. The zero-order chi connectivity index (χ0) is 24.9. The fourth-order valence-electron chi connectivity index (χ4n) is 4.75. The Balaban J connectivity index is 1.14. The van der Waals surface area contributed by atoms with Gasteiger partial charge in [0.25, 0.3) is 0 Å². The van der Waals surface area contributed by atoms with Crippen molar-refractivity contribution >= 4 is 5.97 Å². The van der Waals surface area contributed by atoms with E-state index in [0.29, 0.717) is 49.3 Å². The predicted molar refractivity (Wildman–Crippen MR) is 122 cm³/mol. The van der Waals surface area contributed by atoms with E-state index in [1.807, 2.05) is 30.3 Å². The van der Waals surface area contributed by atoms with Crippen molar-refractivity contribution in [2.75, 3.05) is 32.8 Å². The molecule has 2 unspecified atom stereocenters. The standard InChI is InChI=1S/C26H28F3N3O3/c1-2-34-26(33)17(12-30)9-16-3-5-19(6-4-16)35-8-7-31-25-20-14-32(15-21(20)25)13-18-10-23(28)24(29)11-22(18)27/h3-6,10-11,17,20-21,25,31H,2,7-9,13-15H2,1H3/t17?,20-,21+,25?. The lowest BCUT2D eigenvalue weighted by atomic mass is 10.0. The Labute approximate surface area is 202 Å². The molecule has 4 rings (SSSR count). The molecule has 2 aliphatic rings. The topological polar surface area (TPSA) is 74.6 Å². The molecule has 1 aliphatic heterocycles. The second-order valence-electron chi connectivity index (χ2n) is 8.99. The van der Waals surface area contributed by atoms with E-state index in [1.165, 1.54) is 0 Å². The van der Waals surface area contributed by atoms with Crippen LogP contribution in [0.1, 0.15) is 18.1 Å². The summed E-state index contributed by atoms with van der Waals surface area (Å²) in [6, 6.07) is 11.2. The molecule has 2 fully saturated rings. The third-order valence-electron chi connectivity index (χ3n) is 6.59. The predicted octanol–water partition coefficient (Wildman–Crippen LogP) is 3.45. The van der Waals surface area contributed by atoms with E-state index in [4.69, 9.17) is 9.47 Å². The van der Waals surface area contributed by atoms with Crippen molar-refractivity contribution in [2.24, 2.45) is 17.8 Å². The molecule has 1 saturated carbocycles. The molecule has 1 N–H and O–H groups in total. The number of esters is 1. The van der Waals surface area contributed by atoms with E-state index in [9.17, 15) is 23.2 Å². The number of halogens is 3. The minimum absolute atomic E-state index is 0.179. The number of hydrogen-bond acceptors (Lipinski definition) is 6. The van der Waals surface area contributed by atoms with Gasteiger partial charge in [-0.25, -0.2) is 13.2 Å². The third-order valence-corrected chi connectivity index (χ3v) is 6.59. The van der Waals surface area contributed by atoms with E-state index >= 15 is 0 Å². The molecule has 9 heteroatoms. The molecule has 0 amide bonds. The van der Waals surface area contributed by atoms with Gasteiger partial charge in [-0.2, -0.15) is 5.26 Å². The maximum atomic E-state index is 13.9. The first-order valence-corrected chi connectivity index (χ1v) is 11.8. The minimum atomic E-state index is -1.17. The van der Waals surface area contributed by atoms with Crippen molar-refractivity contribution in [3.8, 4) is 11.8 Å². The normalized spacial score (nSPS) is 21.7. The largest absolute Gasteiger partial charge is 0.492 e. The lowest BCUT2D eigenvalue weighted by molar-refractivity contribution is -0.145. The number of hydrogen-bond donors (Lipinski definition) is 1. The quantitative estimate of drug-likeness (QED) is 0.297. The number of nitrogens with one attached hydrogen (secondary N) is 1. The van der Waals surface area contributed by atoms with Crippen molar-refractivity contribution in [3.63, 3.8) is 0 Å². The Kier molecular flexibility index (Phi) is 7.93. The number of carbonyl (C=O) groups excluding carboxylic acids is 1. The van der Waals surface area contributed by atoms with Crippen LogP contribution in [-0.4, -0.2) is 49.8 Å². The van der Waals surface area contributed by atoms with Crippen LogP contribution < -0.4 is 10.1 Å². The Hall–Kier alpha value is -3.09. The fraction of sp³-hybridized carbons (Fsp3) is 0.462. The molecule has 0 spiro atoms. The lowest BCUT2D eigenvalue weighted by Crippen LogP contribution is -2.33. The van der Waals surface area contributed by atoms with Crippen LogP contribution in [-0.2, 0) is 22.5 Å². The van der Waals surface area contributed by atoms with Crippen LogP contribution >= 0.6 is 0 Å². The number of carbonyl (C=O) groups is 1. The highest BCUT2D eigenvalue weighted by Crippen LogP contribution is 2.45. The molecule has 1 saturated heterocycles. The van der Waals surface area contributed by atoms with Gasteiger partial charge < -0.3 is 14.8 Å².